The summed E-state index contributed by atoms with van der Waals surface area (Å²) in [6.07, 6.45) is 5.34. The molecule has 0 heterocycles. The van der Waals surface area contributed by atoms with Gasteiger partial charge in [0, 0.05) is 0 Å². The number of aliphatic hydroxyl groups is 1. The fraction of sp³-hybridized carbons (Fsp3) is 0.333. The minimum Gasteiger partial charge on any atom is -0.392 e. The van der Waals surface area contributed by atoms with Gasteiger partial charge in [0.2, 0.25) is 0 Å². The maximum atomic E-state index is 8.25. The van der Waals surface area contributed by atoms with Crippen molar-refractivity contribution in [1.29, 1.82) is 0 Å². The highest BCUT2D eigenvalue weighted by molar-refractivity contribution is 9.11. The number of hydrogen-bond acceptors (Lipinski definition) is 1. The third-order valence-electron chi connectivity index (χ3n) is 0.567. The van der Waals surface area contributed by atoms with E-state index in [2.05, 4.69) is 15.9 Å². The molecule has 0 rings (SSSR count). The van der Waals surface area contributed by atoms with Crippen molar-refractivity contribution >= 4 is 15.9 Å². The first-order chi connectivity index (χ1) is 3.77. The molecule has 0 aliphatic rings. The summed E-state index contributed by atoms with van der Waals surface area (Å²) in [7, 11) is 0. The first kappa shape index (κ1) is 7.92. The molecule has 0 bridgehead atoms. The molecule has 0 amide bonds. The van der Waals surface area contributed by atoms with Gasteiger partial charge in [-0.05, 0) is 11.4 Å². The van der Waals surface area contributed by atoms with Gasteiger partial charge >= 0.3 is 0 Å². The van der Waals surface area contributed by atoms with E-state index in [1.54, 1.807) is 12.2 Å². The van der Waals surface area contributed by atoms with E-state index in [1.807, 2.05) is 13.0 Å². The third kappa shape index (κ3) is 5.92. The molecule has 0 aliphatic carbocycles. The van der Waals surface area contributed by atoms with Crippen LogP contribution < -0.4 is 0 Å². The van der Waals surface area contributed by atoms with E-state index in [0.29, 0.717) is 0 Å². The molecule has 0 spiro atoms. The van der Waals surface area contributed by atoms with Crippen molar-refractivity contribution in [3.63, 3.8) is 0 Å². The van der Waals surface area contributed by atoms with Gasteiger partial charge in [-0.2, -0.15) is 0 Å². The van der Waals surface area contributed by atoms with Crippen molar-refractivity contribution in [2.45, 2.75) is 6.92 Å². The monoisotopic (exact) mass is 176 g/mol. The molecule has 0 unspecified atom stereocenters. The lowest BCUT2D eigenvalue weighted by molar-refractivity contribution is 0.343. The summed E-state index contributed by atoms with van der Waals surface area (Å²) in [5, 5.41) is 8.25. The van der Waals surface area contributed by atoms with E-state index >= 15 is 0 Å². The molecule has 0 radical (unpaired) electrons. The normalized spacial score (nSPS) is 13.1. The molecular formula is C6H9BrO. The summed E-state index contributed by atoms with van der Waals surface area (Å²) in [5.41, 5.74) is 0. The second-order valence-electron chi connectivity index (χ2n) is 1.36. The van der Waals surface area contributed by atoms with E-state index in [9.17, 15) is 0 Å². The van der Waals surface area contributed by atoms with Crippen LogP contribution in [0.2, 0.25) is 0 Å². The predicted molar refractivity (Wildman–Crippen MR) is 38.9 cm³/mol. The Morgan fingerprint density at radius 1 is 1.75 bits per heavy atom. The molecule has 8 heavy (non-hydrogen) atoms. The zero-order chi connectivity index (χ0) is 6.41. The standard InChI is InChI=1S/C6H9BrO/c1-6(7)4-2-3-5-8/h2-4,8H,5H2,1H3/b3-2+,6-4-. The molecule has 0 fully saturated rings. The topological polar surface area (TPSA) is 20.2 Å². The van der Waals surface area contributed by atoms with Crippen LogP contribution in [-0.4, -0.2) is 11.7 Å². The largest absolute Gasteiger partial charge is 0.392 e. The highest BCUT2D eigenvalue weighted by Gasteiger charge is 1.70. The van der Waals surface area contributed by atoms with Crippen LogP contribution in [-0.2, 0) is 0 Å². The van der Waals surface area contributed by atoms with Crippen LogP contribution in [0.4, 0.5) is 0 Å². The fourth-order valence-corrected chi connectivity index (χ4v) is 0.414. The van der Waals surface area contributed by atoms with Crippen molar-refractivity contribution in [3.05, 3.63) is 22.7 Å². The molecule has 46 valence electrons. The van der Waals surface area contributed by atoms with Crippen molar-refractivity contribution in [3.8, 4) is 0 Å². The molecule has 0 aromatic rings. The van der Waals surface area contributed by atoms with E-state index < -0.39 is 0 Å². The maximum absolute atomic E-state index is 8.25. The van der Waals surface area contributed by atoms with Gasteiger partial charge < -0.3 is 5.11 Å². The zero-order valence-corrected chi connectivity index (χ0v) is 6.35. The van der Waals surface area contributed by atoms with Crippen LogP contribution in [0, 0.1) is 0 Å². The van der Waals surface area contributed by atoms with Crippen molar-refractivity contribution in [2.24, 2.45) is 0 Å². The quantitative estimate of drug-likeness (QED) is 0.638. The number of rotatable bonds is 2. The summed E-state index contributed by atoms with van der Waals surface area (Å²) in [4.78, 5) is 0. The van der Waals surface area contributed by atoms with E-state index in [4.69, 9.17) is 5.11 Å². The fourth-order valence-electron chi connectivity index (χ4n) is 0.261. The Balaban J connectivity index is 3.42. The summed E-state index contributed by atoms with van der Waals surface area (Å²) in [6.45, 7) is 2.04. The summed E-state index contributed by atoms with van der Waals surface area (Å²) in [6, 6.07) is 0. The molecule has 0 aliphatic heterocycles. The van der Waals surface area contributed by atoms with Gasteiger partial charge in [0.25, 0.3) is 0 Å². The highest BCUT2D eigenvalue weighted by atomic mass is 79.9. The van der Waals surface area contributed by atoms with Gasteiger partial charge in [0.1, 0.15) is 0 Å². The Bertz CT molecular complexity index is 101. The lowest BCUT2D eigenvalue weighted by Gasteiger charge is -1.77. The van der Waals surface area contributed by atoms with Crippen LogP contribution in [0.1, 0.15) is 6.92 Å². The molecule has 0 aromatic heterocycles. The Morgan fingerprint density at radius 2 is 2.38 bits per heavy atom. The number of aliphatic hydroxyl groups excluding tert-OH is 1. The molecule has 0 saturated heterocycles. The van der Waals surface area contributed by atoms with Gasteiger partial charge in [-0.3, -0.25) is 0 Å². The van der Waals surface area contributed by atoms with Crippen LogP contribution in [0.3, 0.4) is 0 Å². The van der Waals surface area contributed by atoms with Gasteiger partial charge in [0.05, 0.1) is 6.61 Å². The van der Waals surface area contributed by atoms with Gasteiger partial charge in [0.15, 0.2) is 0 Å². The maximum Gasteiger partial charge on any atom is 0.0615 e. The number of hydrogen-bond donors (Lipinski definition) is 1. The molecule has 1 nitrogen and oxygen atoms in total. The van der Waals surface area contributed by atoms with Gasteiger partial charge in [-0.1, -0.05) is 34.2 Å². The minimum absolute atomic E-state index is 0.108. The predicted octanol–water partition coefficient (Wildman–Crippen LogP) is 1.83. The van der Waals surface area contributed by atoms with Gasteiger partial charge in [-0.25, -0.2) is 0 Å². The lowest BCUT2D eigenvalue weighted by atomic mass is 10.4. The van der Waals surface area contributed by atoms with Crippen molar-refractivity contribution in [1.82, 2.24) is 0 Å². The smallest absolute Gasteiger partial charge is 0.0615 e. The SMILES string of the molecule is C/C(Br)=C/C=C/CO. The number of allylic oxidation sites excluding steroid dienone is 3. The second-order valence-corrected chi connectivity index (χ2v) is 2.61. The lowest BCUT2D eigenvalue weighted by Crippen LogP contribution is -1.67. The molecule has 1 N–H and O–H groups in total. The first-order valence-corrected chi connectivity index (χ1v) is 3.16. The Kier molecular flexibility index (Phi) is 5.01. The Labute approximate surface area is 57.8 Å². The molecule has 2 heteroatoms. The molecular weight excluding hydrogens is 168 g/mol. The Hall–Kier alpha value is -0.0800. The summed E-state index contributed by atoms with van der Waals surface area (Å²) < 4.78 is 1.06. The minimum atomic E-state index is 0.108. The molecule has 0 saturated carbocycles. The van der Waals surface area contributed by atoms with Crippen LogP contribution in [0.15, 0.2) is 22.7 Å². The Morgan fingerprint density at radius 3 is 2.75 bits per heavy atom. The van der Waals surface area contributed by atoms with Crippen molar-refractivity contribution < 1.29 is 5.11 Å². The number of halogens is 1. The van der Waals surface area contributed by atoms with E-state index in [1.165, 1.54) is 0 Å². The summed E-state index contributed by atoms with van der Waals surface area (Å²) in [5.74, 6) is 0. The van der Waals surface area contributed by atoms with Gasteiger partial charge in [-0.15, -0.1) is 0 Å². The van der Waals surface area contributed by atoms with E-state index in [0.717, 1.165) is 4.48 Å². The second kappa shape index (κ2) is 5.06. The van der Waals surface area contributed by atoms with Crippen LogP contribution in [0.5, 0.6) is 0 Å². The summed E-state index contributed by atoms with van der Waals surface area (Å²) >= 11 is 3.23. The zero-order valence-electron chi connectivity index (χ0n) is 4.76. The molecule has 0 aromatic carbocycles. The van der Waals surface area contributed by atoms with Crippen molar-refractivity contribution in [2.75, 3.05) is 6.61 Å². The van der Waals surface area contributed by atoms with Crippen LogP contribution in [0.25, 0.3) is 0 Å². The molecule has 0 atom stereocenters. The average molecular weight is 177 g/mol. The van der Waals surface area contributed by atoms with Crippen LogP contribution >= 0.6 is 15.9 Å². The average Bonchev–Trinajstić information content (AvgIpc) is 1.66. The third-order valence-corrected chi connectivity index (χ3v) is 0.832. The first-order valence-electron chi connectivity index (χ1n) is 2.37. The highest BCUT2D eigenvalue weighted by Crippen LogP contribution is 2.00. The van der Waals surface area contributed by atoms with E-state index in [-0.39, 0.29) is 6.61 Å².